The second kappa shape index (κ2) is 6.83. The third-order valence-corrected chi connectivity index (χ3v) is 9.09. The Balaban J connectivity index is 1.83. The first kappa shape index (κ1) is 16.2. The molecule has 0 aromatic carbocycles. The van der Waals surface area contributed by atoms with Crippen molar-refractivity contribution in [3.8, 4) is 0 Å². The summed E-state index contributed by atoms with van der Waals surface area (Å²) < 4.78 is 20.0. The summed E-state index contributed by atoms with van der Waals surface area (Å²) >= 11 is -2.40. The molecule has 2 N–H and O–H groups in total. The van der Waals surface area contributed by atoms with Crippen molar-refractivity contribution in [1.29, 1.82) is 0 Å². The SMILES string of the molecule is CCC[CH2][Sn]1[O]C2[C@@H](CO)O[C@@H](n3ccc(=O)[nH]c3=O)[C@H]2[O]1. The van der Waals surface area contributed by atoms with Gasteiger partial charge in [0.05, 0.1) is 0 Å². The first-order valence-electron chi connectivity index (χ1n) is 7.41. The first-order valence-corrected chi connectivity index (χ1v) is 11.8. The molecule has 22 heavy (non-hydrogen) atoms. The zero-order valence-electron chi connectivity index (χ0n) is 12.2. The number of H-pyrrole nitrogens is 1. The van der Waals surface area contributed by atoms with Gasteiger partial charge in [-0.1, -0.05) is 0 Å². The van der Waals surface area contributed by atoms with Crippen LogP contribution in [0, 0.1) is 0 Å². The Morgan fingerprint density at radius 3 is 2.82 bits per heavy atom. The van der Waals surface area contributed by atoms with Gasteiger partial charge >= 0.3 is 135 Å². The number of hydrogen-bond acceptors (Lipinski definition) is 6. The number of fused-ring (bicyclic) bond motifs is 1. The Hall–Kier alpha value is -0.681. The fraction of sp³-hybridized carbons (Fsp3) is 0.692. The molecule has 0 saturated carbocycles. The number of unbranched alkanes of at least 4 members (excludes halogenated alkanes) is 1. The van der Waals surface area contributed by atoms with E-state index in [4.69, 9.17) is 10.9 Å². The molecule has 1 unspecified atom stereocenters. The van der Waals surface area contributed by atoms with Crippen LogP contribution >= 0.6 is 0 Å². The van der Waals surface area contributed by atoms with Gasteiger partial charge < -0.3 is 0 Å². The summed E-state index contributed by atoms with van der Waals surface area (Å²) in [4.78, 5) is 25.3. The van der Waals surface area contributed by atoms with E-state index in [9.17, 15) is 14.7 Å². The van der Waals surface area contributed by atoms with Gasteiger partial charge in [-0.25, -0.2) is 0 Å². The average molecular weight is 418 g/mol. The van der Waals surface area contributed by atoms with Crippen LogP contribution in [-0.2, 0) is 10.9 Å². The molecule has 0 bridgehead atoms. The Bertz CT molecular complexity index is 631. The van der Waals surface area contributed by atoms with Crippen LogP contribution in [0.5, 0.6) is 0 Å². The maximum absolute atomic E-state index is 11.9. The van der Waals surface area contributed by atoms with Crippen molar-refractivity contribution in [2.45, 2.75) is 48.7 Å². The van der Waals surface area contributed by atoms with Gasteiger partial charge in [-0.05, 0) is 0 Å². The molecule has 4 atom stereocenters. The van der Waals surface area contributed by atoms with Crippen LogP contribution in [0.3, 0.4) is 0 Å². The second-order valence-corrected chi connectivity index (χ2v) is 10.3. The van der Waals surface area contributed by atoms with Crippen LogP contribution in [0.25, 0.3) is 0 Å². The Kier molecular flexibility index (Phi) is 5.03. The molecule has 0 spiro atoms. The quantitative estimate of drug-likeness (QED) is 0.626. The zero-order chi connectivity index (χ0) is 15.7. The van der Waals surface area contributed by atoms with Crippen molar-refractivity contribution in [1.82, 2.24) is 9.55 Å². The molecule has 1 radical (unpaired) electrons. The van der Waals surface area contributed by atoms with Gasteiger partial charge in [0.2, 0.25) is 0 Å². The number of nitrogens with one attached hydrogen (secondary N) is 1. The summed E-state index contributed by atoms with van der Waals surface area (Å²) in [5, 5.41) is 9.47. The van der Waals surface area contributed by atoms with Gasteiger partial charge in [0.15, 0.2) is 0 Å². The van der Waals surface area contributed by atoms with Crippen molar-refractivity contribution in [3.05, 3.63) is 33.1 Å². The molecule has 8 nitrogen and oxygen atoms in total. The van der Waals surface area contributed by atoms with Crippen molar-refractivity contribution in [3.63, 3.8) is 0 Å². The first-order chi connectivity index (χ1) is 10.6. The van der Waals surface area contributed by atoms with Crippen molar-refractivity contribution in [2.75, 3.05) is 6.61 Å². The van der Waals surface area contributed by atoms with Crippen LogP contribution in [-0.4, -0.2) is 60.2 Å². The predicted molar refractivity (Wildman–Crippen MR) is 77.5 cm³/mol. The van der Waals surface area contributed by atoms with Crippen molar-refractivity contribution >= 4 is 20.6 Å². The predicted octanol–water partition coefficient (Wildman–Crippen LogP) is -0.501. The van der Waals surface area contributed by atoms with Crippen LogP contribution in [0.1, 0.15) is 26.0 Å². The molecule has 0 amide bonds. The number of nitrogens with zero attached hydrogens (tertiary/aromatic N) is 1. The molecule has 121 valence electrons. The van der Waals surface area contributed by atoms with E-state index in [0.717, 1.165) is 17.3 Å². The fourth-order valence-electron chi connectivity index (χ4n) is 2.74. The van der Waals surface area contributed by atoms with Crippen LogP contribution < -0.4 is 11.2 Å². The number of aromatic amines is 1. The van der Waals surface area contributed by atoms with Crippen LogP contribution in [0.15, 0.2) is 21.9 Å². The van der Waals surface area contributed by atoms with Gasteiger partial charge in [0.25, 0.3) is 0 Å². The summed E-state index contributed by atoms with van der Waals surface area (Å²) in [5.41, 5.74) is -1.01. The van der Waals surface area contributed by atoms with E-state index in [1.54, 1.807) is 0 Å². The molecule has 0 aliphatic carbocycles. The van der Waals surface area contributed by atoms with E-state index >= 15 is 0 Å². The van der Waals surface area contributed by atoms with E-state index < -0.39 is 50.3 Å². The minimum absolute atomic E-state index is 0.191. The van der Waals surface area contributed by atoms with Crippen LogP contribution in [0.4, 0.5) is 0 Å². The molecule has 2 saturated heterocycles. The fourth-order valence-corrected chi connectivity index (χ4v) is 8.67. The molecule has 3 rings (SSSR count). The van der Waals surface area contributed by atoms with Gasteiger partial charge in [-0.3, -0.25) is 0 Å². The van der Waals surface area contributed by atoms with Gasteiger partial charge in [0, 0.05) is 0 Å². The number of aliphatic hydroxyl groups is 1. The average Bonchev–Trinajstić information content (AvgIpc) is 3.04. The van der Waals surface area contributed by atoms with E-state index in [-0.39, 0.29) is 12.7 Å². The summed E-state index contributed by atoms with van der Waals surface area (Å²) in [5.74, 6) is 0. The molecular weight excluding hydrogens is 399 g/mol. The molecule has 2 aliphatic heterocycles. The molecule has 1 aromatic heterocycles. The normalized spacial score (nSPS) is 31.5. The minimum atomic E-state index is -2.40. The molecule has 1 aromatic rings. The van der Waals surface area contributed by atoms with E-state index in [2.05, 4.69) is 11.9 Å². The Morgan fingerprint density at radius 2 is 2.14 bits per heavy atom. The van der Waals surface area contributed by atoms with Crippen molar-refractivity contribution in [2.24, 2.45) is 0 Å². The number of rotatable bonds is 5. The number of hydrogen-bond donors (Lipinski definition) is 2. The third-order valence-electron chi connectivity index (χ3n) is 3.86. The second-order valence-electron chi connectivity index (χ2n) is 5.41. The number of aromatic nitrogens is 2. The van der Waals surface area contributed by atoms with E-state index in [1.165, 1.54) is 16.8 Å². The summed E-state index contributed by atoms with van der Waals surface area (Å²) in [6.07, 6.45) is 1.61. The molecular formula is C13H19N2O6Sn. The van der Waals surface area contributed by atoms with Crippen molar-refractivity contribution < 1.29 is 16.0 Å². The maximum atomic E-state index is 11.9. The Morgan fingerprint density at radius 1 is 1.36 bits per heavy atom. The van der Waals surface area contributed by atoms with Crippen LogP contribution in [0.2, 0.25) is 4.44 Å². The van der Waals surface area contributed by atoms with Gasteiger partial charge in [-0.2, -0.15) is 0 Å². The molecule has 2 aliphatic rings. The molecule has 2 fully saturated rings. The standard InChI is InChI=1S/C9H10N2O6.C4H9.Sn/c12-3-4-6(14)7(15)8(17-4)11-2-1-5(13)10-9(11)16;1-3-4-2;/h1-2,4,6-8,12H,3H2,(H,10,13,16);1,3-4H2,2H3;/q-2;;+2/t4-,6?,7+,8-;;/m1../s1. The van der Waals surface area contributed by atoms with E-state index in [0.29, 0.717) is 0 Å². The number of aliphatic hydroxyl groups excluding tert-OH is 1. The Labute approximate surface area is 134 Å². The summed E-state index contributed by atoms with van der Waals surface area (Å²) in [7, 11) is 0. The zero-order valence-corrected chi connectivity index (χ0v) is 15.1. The molecule has 3 heterocycles. The summed E-state index contributed by atoms with van der Waals surface area (Å²) in [6, 6.07) is 1.26. The number of ether oxygens (including phenoxy) is 1. The van der Waals surface area contributed by atoms with E-state index in [1.807, 2.05) is 0 Å². The molecule has 9 heteroatoms. The summed E-state index contributed by atoms with van der Waals surface area (Å²) in [6.45, 7) is 1.92. The van der Waals surface area contributed by atoms with Gasteiger partial charge in [0.1, 0.15) is 0 Å². The third kappa shape index (κ3) is 3.02. The van der Waals surface area contributed by atoms with Gasteiger partial charge in [-0.15, -0.1) is 0 Å². The topological polar surface area (TPSA) is 103 Å². The monoisotopic (exact) mass is 419 g/mol.